The van der Waals surface area contributed by atoms with E-state index >= 15 is 0 Å². The molecule has 0 aromatic carbocycles. The van der Waals surface area contributed by atoms with Gasteiger partial charge in [0.25, 0.3) is 0 Å². The van der Waals surface area contributed by atoms with E-state index in [1.54, 1.807) is 6.20 Å². The predicted octanol–water partition coefficient (Wildman–Crippen LogP) is 3.01. The first-order valence-electron chi connectivity index (χ1n) is 6.67. The highest BCUT2D eigenvalue weighted by atomic mass is 16.3. The fraction of sp³-hybridized carbons (Fsp3) is 0.667. The first-order valence-corrected chi connectivity index (χ1v) is 6.67. The van der Waals surface area contributed by atoms with Gasteiger partial charge in [-0.05, 0) is 49.1 Å². The van der Waals surface area contributed by atoms with Gasteiger partial charge < -0.3 is 10.8 Å². The number of anilines is 1. The van der Waals surface area contributed by atoms with Crippen molar-refractivity contribution < 1.29 is 5.11 Å². The van der Waals surface area contributed by atoms with Gasteiger partial charge in [-0.2, -0.15) is 0 Å². The van der Waals surface area contributed by atoms with Crippen molar-refractivity contribution in [3.05, 3.63) is 23.4 Å². The maximum absolute atomic E-state index is 11.0. The van der Waals surface area contributed by atoms with Crippen molar-refractivity contribution in [2.45, 2.75) is 52.6 Å². The van der Waals surface area contributed by atoms with Crippen LogP contribution in [0.5, 0.6) is 0 Å². The minimum Gasteiger partial charge on any atom is -0.385 e. The molecule has 2 atom stereocenters. The highest BCUT2D eigenvalue weighted by molar-refractivity contribution is 5.45. The highest BCUT2D eigenvalue weighted by Gasteiger charge is 2.43. The lowest BCUT2D eigenvalue weighted by atomic mass is 9.64. The average molecular weight is 248 g/mol. The van der Waals surface area contributed by atoms with Gasteiger partial charge >= 0.3 is 0 Å². The molecule has 3 nitrogen and oxygen atoms in total. The zero-order chi connectivity index (χ0) is 13.6. The number of pyridine rings is 1. The van der Waals surface area contributed by atoms with E-state index in [0.29, 0.717) is 11.7 Å². The zero-order valence-corrected chi connectivity index (χ0v) is 11.8. The summed E-state index contributed by atoms with van der Waals surface area (Å²) in [6.07, 6.45) is 4.42. The third-order valence-electron chi connectivity index (χ3n) is 3.91. The Morgan fingerprint density at radius 2 is 2.06 bits per heavy atom. The van der Waals surface area contributed by atoms with Crippen LogP contribution in [0.15, 0.2) is 12.3 Å². The Labute approximate surface area is 109 Å². The minimum atomic E-state index is -0.829. The molecule has 0 saturated heterocycles. The number of nitrogens with zero attached hydrogens (tertiary/aromatic N) is 1. The summed E-state index contributed by atoms with van der Waals surface area (Å²) in [7, 11) is 0. The minimum absolute atomic E-state index is 0.141. The van der Waals surface area contributed by atoms with Gasteiger partial charge in [-0.1, -0.05) is 20.8 Å². The Kier molecular flexibility index (Phi) is 3.14. The lowest BCUT2D eigenvalue weighted by molar-refractivity contribution is -0.0631. The Bertz CT molecular complexity index is 456. The molecule has 0 radical (unpaired) electrons. The molecular weight excluding hydrogens is 224 g/mol. The van der Waals surface area contributed by atoms with Crippen LogP contribution in [0, 0.1) is 18.3 Å². The highest BCUT2D eigenvalue weighted by Crippen LogP contribution is 2.49. The average Bonchev–Trinajstić information content (AvgIpc) is 2.17. The molecular formula is C15H24N2O. The van der Waals surface area contributed by atoms with Gasteiger partial charge in [0.15, 0.2) is 0 Å². The summed E-state index contributed by atoms with van der Waals surface area (Å²) in [5.74, 6) is 0.965. The second kappa shape index (κ2) is 4.23. The van der Waals surface area contributed by atoms with Crippen molar-refractivity contribution in [1.82, 2.24) is 4.98 Å². The summed E-state index contributed by atoms with van der Waals surface area (Å²) in [5, 5.41) is 11.0. The molecule has 1 aliphatic rings. The van der Waals surface area contributed by atoms with E-state index < -0.39 is 5.60 Å². The molecule has 2 unspecified atom stereocenters. The van der Waals surface area contributed by atoms with E-state index in [1.165, 1.54) is 0 Å². The van der Waals surface area contributed by atoms with Crippen molar-refractivity contribution in [2.75, 3.05) is 5.73 Å². The number of hydrogen-bond donors (Lipinski definition) is 2. The Hall–Kier alpha value is -1.09. The number of aromatic nitrogens is 1. The monoisotopic (exact) mass is 248 g/mol. The van der Waals surface area contributed by atoms with Crippen LogP contribution >= 0.6 is 0 Å². The van der Waals surface area contributed by atoms with Crippen LogP contribution in [-0.2, 0) is 5.60 Å². The summed E-state index contributed by atoms with van der Waals surface area (Å²) in [5.41, 5.74) is 7.13. The molecule has 100 valence electrons. The normalized spacial score (nSPS) is 31.3. The van der Waals surface area contributed by atoms with Gasteiger partial charge in [0.05, 0.1) is 5.60 Å². The number of rotatable bonds is 1. The van der Waals surface area contributed by atoms with Gasteiger partial charge in [-0.3, -0.25) is 0 Å². The van der Waals surface area contributed by atoms with E-state index in [2.05, 4.69) is 25.8 Å². The van der Waals surface area contributed by atoms with Crippen molar-refractivity contribution in [2.24, 2.45) is 11.3 Å². The third-order valence-corrected chi connectivity index (χ3v) is 3.91. The van der Waals surface area contributed by atoms with Gasteiger partial charge in [-0.15, -0.1) is 0 Å². The van der Waals surface area contributed by atoms with Crippen LogP contribution in [0.25, 0.3) is 0 Å². The van der Waals surface area contributed by atoms with Gasteiger partial charge in [-0.25, -0.2) is 4.98 Å². The number of nitrogen functional groups attached to an aromatic ring is 1. The van der Waals surface area contributed by atoms with Crippen LogP contribution < -0.4 is 5.73 Å². The standard InChI is InChI=1S/C15H24N2O/c1-10-5-12(13(16)17-8-10)15(18)7-11(2)6-14(3,4)9-15/h5,8,11,18H,6-7,9H2,1-4H3,(H2,16,17). The zero-order valence-electron chi connectivity index (χ0n) is 11.8. The first kappa shape index (κ1) is 13.3. The molecule has 3 N–H and O–H groups in total. The maximum Gasteiger partial charge on any atom is 0.129 e. The van der Waals surface area contributed by atoms with E-state index in [0.717, 1.165) is 30.4 Å². The molecule has 0 bridgehead atoms. The number of aliphatic hydroxyl groups is 1. The predicted molar refractivity (Wildman–Crippen MR) is 74.1 cm³/mol. The van der Waals surface area contributed by atoms with Gasteiger partial charge in [0.1, 0.15) is 5.82 Å². The summed E-state index contributed by atoms with van der Waals surface area (Å²) >= 11 is 0. The molecule has 0 spiro atoms. The smallest absolute Gasteiger partial charge is 0.129 e. The van der Waals surface area contributed by atoms with Crippen LogP contribution in [0.3, 0.4) is 0 Å². The number of aryl methyl sites for hydroxylation is 1. The third kappa shape index (κ3) is 2.51. The van der Waals surface area contributed by atoms with Crippen LogP contribution in [0.4, 0.5) is 5.82 Å². The molecule has 0 amide bonds. The lowest BCUT2D eigenvalue weighted by Gasteiger charge is -2.45. The molecule has 1 heterocycles. The molecule has 3 heteroatoms. The van der Waals surface area contributed by atoms with Gasteiger partial charge in [0, 0.05) is 11.8 Å². The topological polar surface area (TPSA) is 59.1 Å². The van der Waals surface area contributed by atoms with Crippen LogP contribution in [0.2, 0.25) is 0 Å². The SMILES string of the molecule is Cc1cnc(N)c(C2(O)CC(C)CC(C)(C)C2)c1. The Morgan fingerprint density at radius 3 is 2.67 bits per heavy atom. The molecule has 1 aromatic heterocycles. The van der Waals surface area contributed by atoms with Crippen molar-refractivity contribution in [3.8, 4) is 0 Å². The lowest BCUT2D eigenvalue weighted by Crippen LogP contribution is -2.40. The van der Waals surface area contributed by atoms with Crippen LogP contribution in [0.1, 0.15) is 51.2 Å². The summed E-state index contributed by atoms with van der Waals surface area (Å²) < 4.78 is 0. The molecule has 2 rings (SSSR count). The van der Waals surface area contributed by atoms with E-state index in [9.17, 15) is 5.11 Å². The number of hydrogen-bond acceptors (Lipinski definition) is 3. The summed E-state index contributed by atoms with van der Waals surface area (Å²) in [6.45, 7) is 8.61. The molecule has 1 aromatic rings. The Morgan fingerprint density at radius 1 is 1.39 bits per heavy atom. The number of nitrogens with two attached hydrogens (primary N) is 1. The van der Waals surface area contributed by atoms with E-state index in [4.69, 9.17) is 5.73 Å². The van der Waals surface area contributed by atoms with E-state index in [1.807, 2.05) is 13.0 Å². The van der Waals surface area contributed by atoms with E-state index in [-0.39, 0.29) is 5.41 Å². The molecule has 1 saturated carbocycles. The van der Waals surface area contributed by atoms with Crippen LogP contribution in [-0.4, -0.2) is 10.1 Å². The molecule has 1 fully saturated rings. The van der Waals surface area contributed by atoms with Crippen molar-refractivity contribution in [3.63, 3.8) is 0 Å². The van der Waals surface area contributed by atoms with Crippen molar-refractivity contribution in [1.29, 1.82) is 0 Å². The second-order valence-electron chi connectivity index (χ2n) is 6.83. The first-order chi connectivity index (χ1) is 8.22. The quantitative estimate of drug-likeness (QED) is 0.803. The maximum atomic E-state index is 11.0. The molecule has 0 aliphatic heterocycles. The fourth-order valence-electron chi connectivity index (χ4n) is 3.69. The molecule has 18 heavy (non-hydrogen) atoms. The Balaban J connectivity index is 2.43. The van der Waals surface area contributed by atoms with Gasteiger partial charge in [0.2, 0.25) is 0 Å². The fourth-order valence-corrected chi connectivity index (χ4v) is 3.69. The second-order valence-corrected chi connectivity index (χ2v) is 6.83. The van der Waals surface area contributed by atoms with Crippen molar-refractivity contribution >= 4 is 5.82 Å². The summed E-state index contributed by atoms with van der Waals surface area (Å²) in [6, 6.07) is 1.98. The molecule has 1 aliphatic carbocycles. The largest absolute Gasteiger partial charge is 0.385 e. The summed E-state index contributed by atoms with van der Waals surface area (Å²) in [4.78, 5) is 4.19.